The summed E-state index contributed by atoms with van der Waals surface area (Å²) in [5.74, 6) is -0.152. The molecule has 0 saturated heterocycles. The van der Waals surface area contributed by atoms with Gasteiger partial charge >= 0.3 is 5.97 Å². The van der Waals surface area contributed by atoms with E-state index in [4.69, 9.17) is 9.84 Å². The zero-order valence-electron chi connectivity index (χ0n) is 11.1. The lowest BCUT2D eigenvalue weighted by Crippen LogP contribution is -2.04. The first-order chi connectivity index (χ1) is 9.00. The zero-order chi connectivity index (χ0) is 14.0. The van der Waals surface area contributed by atoms with Gasteiger partial charge in [0.05, 0.1) is 0 Å². The number of carbonyl (C=O) groups is 1. The maximum atomic E-state index is 11.1. The number of aromatic nitrogens is 1. The minimum absolute atomic E-state index is 0.0807. The topological polar surface area (TPSA) is 59.4 Å². The molecule has 0 aliphatic rings. The minimum Gasteiger partial charge on any atom is -0.476 e. The average molecular weight is 257 g/mol. The monoisotopic (exact) mass is 257 g/mol. The van der Waals surface area contributed by atoms with Gasteiger partial charge in [-0.2, -0.15) is 0 Å². The van der Waals surface area contributed by atoms with Gasteiger partial charge in [-0.15, -0.1) is 0 Å². The van der Waals surface area contributed by atoms with Crippen molar-refractivity contribution in [3.8, 4) is 11.5 Å². The molecule has 2 rings (SSSR count). The van der Waals surface area contributed by atoms with E-state index in [9.17, 15) is 4.79 Å². The van der Waals surface area contributed by atoms with Gasteiger partial charge in [0.2, 0.25) is 0 Å². The second-order valence-electron chi connectivity index (χ2n) is 4.41. The molecule has 0 radical (unpaired) electrons. The number of hydrogen-bond donors (Lipinski definition) is 1. The average Bonchev–Trinajstić information content (AvgIpc) is 2.39. The molecule has 0 spiro atoms. The van der Waals surface area contributed by atoms with E-state index in [-0.39, 0.29) is 11.4 Å². The first-order valence-electron chi connectivity index (χ1n) is 5.93. The number of carboxylic acid groups (broad SMARTS) is 1. The number of aryl methyl sites for hydroxylation is 2. The fourth-order valence-electron chi connectivity index (χ4n) is 1.83. The van der Waals surface area contributed by atoms with Crippen molar-refractivity contribution in [2.24, 2.45) is 0 Å². The van der Waals surface area contributed by atoms with E-state index < -0.39 is 5.97 Å². The summed E-state index contributed by atoms with van der Waals surface area (Å²) < 4.78 is 5.77. The summed E-state index contributed by atoms with van der Waals surface area (Å²) in [5, 5.41) is 9.09. The molecule has 0 unspecified atom stereocenters. The number of hydrogen-bond acceptors (Lipinski definition) is 3. The fourth-order valence-corrected chi connectivity index (χ4v) is 1.83. The van der Waals surface area contributed by atoms with E-state index in [0.717, 1.165) is 16.7 Å². The molecule has 4 heteroatoms. The van der Waals surface area contributed by atoms with E-state index >= 15 is 0 Å². The first kappa shape index (κ1) is 13.1. The molecule has 4 nitrogen and oxygen atoms in total. The smallest absolute Gasteiger partial charge is 0.358 e. The summed E-state index contributed by atoms with van der Waals surface area (Å²) in [6, 6.07) is 7.23. The lowest BCUT2D eigenvalue weighted by Gasteiger charge is -2.14. The molecule has 0 fully saturated rings. The van der Waals surface area contributed by atoms with Gasteiger partial charge in [0.1, 0.15) is 5.75 Å². The minimum atomic E-state index is -1.10. The predicted octanol–water partition coefficient (Wildman–Crippen LogP) is 3.50. The third kappa shape index (κ3) is 2.57. The molecule has 1 N–H and O–H groups in total. The highest BCUT2D eigenvalue weighted by Crippen LogP contribution is 2.31. The van der Waals surface area contributed by atoms with Crippen molar-refractivity contribution in [2.45, 2.75) is 20.8 Å². The summed E-state index contributed by atoms with van der Waals surface area (Å²) >= 11 is 0. The fraction of sp³-hybridized carbons (Fsp3) is 0.200. The summed E-state index contributed by atoms with van der Waals surface area (Å²) in [7, 11) is 0. The maximum absolute atomic E-state index is 11.1. The Morgan fingerprint density at radius 2 is 1.84 bits per heavy atom. The maximum Gasteiger partial charge on any atom is 0.358 e. The van der Waals surface area contributed by atoms with E-state index in [1.165, 1.54) is 6.20 Å². The van der Waals surface area contributed by atoms with E-state index in [2.05, 4.69) is 4.98 Å². The van der Waals surface area contributed by atoms with Gasteiger partial charge in [-0.05, 0) is 49.6 Å². The van der Waals surface area contributed by atoms with Crippen molar-refractivity contribution >= 4 is 5.97 Å². The zero-order valence-corrected chi connectivity index (χ0v) is 11.1. The number of ether oxygens (including phenoxy) is 1. The predicted molar refractivity (Wildman–Crippen MR) is 71.9 cm³/mol. The number of benzene rings is 1. The molecule has 1 aromatic carbocycles. The molecular formula is C15H15NO3. The Labute approximate surface area is 111 Å². The van der Waals surface area contributed by atoms with Crippen LogP contribution in [0.2, 0.25) is 0 Å². The van der Waals surface area contributed by atoms with Crippen LogP contribution in [0, 0.1) is 20.8 Å². The number of aromatic carboxylic acids is 1. The van der Waals surface area contributed by atoms with Crippen molar-refractivity contribution < 1.29 is 14.6 Å². The van der Waals surface area contributed by atoms with E-state index in [1.807, 2.05) is 32.9 Å². The van der Waals surface area contributed by atoms with Gasteiger partial charge in [0.25, 0.3) is 0 Å². The van der Waals surface area contributed by atoms with Gasteiger partial charge in [-0.1, -0.05) is 12.1 Å². The van der Waals surface area contributed by atoms with Crippen LogP contribution in [0.25, 0.3) is 0 Å². The highest BCUT2D eigenvalue weighted by atomic mass is 16.5. The highest BCUT2D eigenvalue weighted by Gasteiger charge is 2.15. The Hall–Kier alpha value is -2.36. The number of rotatable bonds is 3. The van der Waals surface area contributed by atoms with Crippen LogP contribution in [0.5, 0.6) is 11.5 Å². The lowest BCUT2D eigenvalue weighted by atomic mass is 10.1. The molecule has 2 aromatic rings. The molecule has 98 valence electrons. The summed E-state index contributed by atoms with van der Waals surface area (Å²) in [6.45, 7) is 5.87. The Morgan fingerprint density at radius 1 is 1.16 bits per heavy atom. The van der Waals surface area contributed by atoms with Crippen LogP contribution < -0.4 is 4.74 Å². The van der Waals surface area contributed by atoms with Crippen LogP contribution in [0.4, 0.5) is 0 Å². The molecule has 0 aliphatic heterocycles. The van der Waals surface area contributed by atoms with Crippen LogP contribution in [0.3, 0.4) is 0 Å². The van der Waals surface area contributed by atoms with Crippen molar-refractivity contribution in [1.82, 2.24) is 4.98 Å². The largest absolute Gasteiger partial charge is 0.476 e. The molecule has 0 amide bonds. The third-order valence-electron chi connectivity index (χ3n) is 3.06. The quantitative estimate of drug-likeness (QED) is 0.914. The van der Waals surface area contributed by atoms with E-state index in [1.54, 1.807) is 12.1 Å². The SMILES string of the molecule is Cc1ccc(C)c(Oc2cccnc2C(=O)O)c1C. The lowest BCUT2D eigenvalue weighted by molar-refractivity contribution is 0.0687. The molecule has 0 aliphatic carbocycles. The van der Waals surface area contributed by atoms with Gasteiger partial charge in [0, 0.05) is 6.20 Å². The van der Waals surface area contributed by atoms with Crippen molar-refractivity contribution in [3.05, 3.63) is 52.8 Å². The summed E-state index contributed by atoms with van der Waals surface area (Å²) in [6.07, 6.45) is 1.44. The number of nitrogens with zero attached hydrogens (tertiary/aromatic N) is 1. The van der Waals surface area contributed by atoms with Crippen LogP contribution in [-0.4, -0.2) is 16.1 Å². The van der Waals surface area contributed by atoms with Crippen molar-refractivity contribution in [1.29, 1.82) is 0 Å². The van der Waals surface area contributed by atoms with E-state index in [0.29, 0.717) is 5.75 Å². The van der Waals surface area contributed by atoms with Crippen LogP contribution in [0.1, 0.15) is 27.2 Å². The first-order valence-corrected chi connectivity index (χ1v) is 5.93. The Morgan fingerprint density at radius 3 is 2.53 bits per heavy atom. The van der Waals surface area contributed by atoms with Gasteiger partial charge in [-0.25, -0.2) is 9.78 Å². The standard InChI is InChI=1S/C15H15NO3/c1-9-6-7-10(2)14(11(9)3)19-12-5-4-8-16-13(12)15(17)18/h4-8H,1-3H3,(H,17,18). The van der Waals surface area contributed by atoms with Crippen molar-refractivity contribution in [3.63, 3.8) is 0 Å². The molecule has 1 heterocycles. The molecule has 0 bridgehead atoms. The molecule has 19 heavy (non-hydrogen) atoms. The molecular weight excluding hydrogens is 242 g/mol. The second-order valence-corrected chi connectivity index (χ2v) is 4.41. The molecule has 0 saturated carbocycles. The van der Waals surface area contributed by atoms with Crippen LogP contribution in [-0.2, 0) is 0 Å². The summed E-state index contributed by atoms with van der Waals surface area (Å²) in [4.78, 5) is 14.9. The van der Waals surface area contributed by atoms with Gasteiger partial charge < -0.3 is 9.84 Å². The highest BCUT2D eigenvalue weighted by molar-refractivity contribution is 5.88. The number of pyridine rings is 1. The molecule has 1 aromatic heterocycles. The number of carboxylic acids is 1. The van der Waals surface area contributed by atoms with Crippen LogP contribution >= 0.6 is 0 Å². The van der Waals surface area contributed by atoms with Crippen molar-refractivity contribution in [2.75, 3.05) is 0 Å². The van der Waals surface area contributed by atoms with Gasteiger partial charge in [-0.3, -0.25) is 0 Å². The normalized spacial score (nSPS) is 10.3. The molecule has 0 atom stereocenters. The van der Waals surface area contributed by atoms with Crippen LogP contribution in [0.15, 0.2) is 30.5 Å². The Bertz CT molecular complexity index is 635. The Balaban J connectivity index is 2.48. The third-order valence-corrected chi connectivity index (χ3v) is 3.06. The second kappa shape index (κ2) is 5.10. The summed E-state index contributed by atoms with van der Waals surface area (Å²) in [5.41, 5.74) is 2.98. The van der Waals surface area contributed by atoms with Gasteiger partial charge in [0.15, 0.2) is 11.4 Å². The Kier molecular flexibility index (Phi) is 3.51.